The minimum Gasteiger partial charge on any atom is -0.459 e. The number of hydrogen-bond donors (Lipinski definition) is 0. The number of furan rings is 1. The molecule has 150 valence electrons. The van der Waals surface area contributed by atoms with Crippen LogP contribution in [-0.4, -0.2) is 36.1 Å². The predicted octanol–water partition coefficient (Wildman–Crippen LogP) is 4.87. The Bertz CT molecular complexity index is 1010. The normalized spacial score (nSPS) is 14.5. The number of thioether (sulfide) groups is 1. The molecule has 0 aliphatic carbocycles. The largest absolute Gasteiger partial charge is 0.459 e. The van der Waals surface area contributed by atoms with Gasteiger partial charge in [0.1, 0.15) is 11.3 Å². The molecule has 0 saturated carbocycles. The fraction of sp³-hybridized carbons (Fsp3) is 0.304. The maximum atomic E-state index is 12.8. The van der Waals surface area contributed by atoms with Gasteiger partial charge in [-0.2, -0.15) is 0 Å². The van der Waals surface area contributed by atoms with Crippen LogP contribution in [0.25, 0.3) is 11.0 Å². The third kappa shape index (κ3) is 4.03. The maximum Gasteiger partial charge on any atom is 0.227 e. The highest BCUT2D eigenvalue weighted by Gasteiger charge is 2.25. The van der Waals surface area contributed by atoms with E-state index >= 15 is 0 Å². The van der Waals surface area contributed by atoms with Crippen molar-refractivity contribution in [3.05, 3.63) is 60.4 Å². The molecule has 3 aromatic rings. The monoisotopic (exact) mass is 408 g/mol. The smallest absolute Gasteiger partial charge is 0.227 e. The first-order valence-electron chi connectivity index (χ1n) is 9.81. The van der Waals surface area contributed by atoms with E-state index in [0.717, 1.165) is 33.1 Å². The first kappa shape index (κ1) is 19.6. The van der Waals surface area contributed by atoms with E-state index in [4.69, 9.17) is 4.42 Å². The predicted molar refractivity (Wildman–Crippen MR) is 116 cm³/mol. The van der Waals surface area contributed by atoms with Crippen molar-refractivity contribution in [3.8, 4) is 0 Å². The highest BCUT2D eigenvalue weighted by Crippen LogP contribution is 2.34. The number of anilines is 1. The van der Waals surface area contributed by atoms with Gasteiger partial charge in [0.25, 0.3) is 0 Å². The lowest BCUT2D eigenvalue weighted by Gasteiger charge is -2.29. The van der Waals surface area contributed by atoms with E-state index in [-0.39, 0.29) is 30.7 Å². The molecule has 5 nitrogen and oxygen atoms in total. The van der Waals surface area contributed by atoms with Gasteiger partial charge >= 0.3 is 0 Å². The molecule has 4 rings (SSSR count). The zero-order valence-corrected chi connectivity index (χ0v) is 17.4. The Morgan fingerprint density at radius 3 is 2.72 bits per heavy atom. The topological polar surface area (TPSA) is 53.8 Å². The van der Waals surface area contributed by atoms with Crippen LogP contribution in [0.2, 0.25) is 0 Å². The Labute approximate surface area is 174 Å². The quantitative estimate of drug-likeness (QED) is 0.604. The number of carbonyl (C=O) groups is 2. The van der Waals surface area contributed by atoms with Crippen LogP contribution in [0.5, 0.6) is 0 Å². The SMILES string of the molecule is CC(c1cc2ccccc2o1)N(C)C(=O)CCC(=O)N1CCSc2ccccc21. The Morgan fingerprint density at radius 2 is 1.90 bits per heavy atom. The highest BCUT2D eigenvalue weighted by atomic mass is 32.2. The third-order valence-corrected chi connectivity index (χ3v) is 6.46. The van der Waals surface area contributed by atoms with E-state index in [9.17, 15) is 9.59 Å². The molecular formula is C23H24N2O3S. The van der Waals surface area contributed by atoms with E-state index in [0.29, 0.717) is 6.54 Å². The van der Waals surface area contributed by atoms with Crippen LogP contribution in [0.4, 0.5) is 5.69 Å². The molecule has 0 saturated heterocycles. The van der Waals surface area contributed by atoms with Crippen molar-refractivity contribution >= 4 is 40.2 Å². The number of hydrogen-bond acceptors (Lipinski definition) is 4. The van der Waals surface area contributed by atoms with Gasteiger partial charge in [-0.05, 0) is 31.2 Å². The van der Waals surface area contributed by atoms with Crippen molar-refractivity contribution in [2.75, 3.05) is 24.2 Å². The fourth-order valence-electron chi connectivity index (χ4n) is 3.57. The summed E-state index contributed by atoms with van der Waals surface area (Å²) in [6, 6.07) is 17.5. The van der Waals surface area contributed by atoms with Crippen LogP contribution in [0.3, 0.4) is 0 Å². The molecule has 0 fully saturated rings. The Hall–Kier alpha value is -2.73. The zero-order valence-electron chi connectivity index (χ0n) is 16.6. The summed E-state index contributed by atoms with van der Waals surface area (Å²) in [5.74, 6) is 1.55. The molecule has 1 aromatic heterocycles. The Balaban J connectivity index is 1.38. The molecule has 0 N–H and O–H groups in total. The number of amides is 2. The van der Waals surface area contributed by atoms with Gasteiger partial charge in [0.05, 0.1) is 11.7 Å². The Morgan fingerprint density at radius 1 is 1.14 bits per heavy atom. The molecule has 2 amide bonds. The first-order chi connectivity index (χ1) is 14.0. The van der Waals surface area contributed by atoms with E-state index < -0.39 is 0 Å². The van der Waals surface area contributed by atoms with Gasteiger partial charge in [0.15, 0.2) is 0 Å². The second kappa shape index (κ2) is 8.33. The molecule has 0 bridgehead atoms. The molecule has 2 heterocycles. The summed E-state index contributed by atoms with van der Waals surface area (Å²) >= 11 is 1.76. The molecule has 6 heteroatoms. The molecule has 1 aliphatic heterocycles. The average Bonchev–Trinajstić information content (AvgIpc) is 3.20. The van der Waals surface area contributed by atoms with Crippen molar-refractivity contribution in [1.29, 1.82) is 0 Å². The molecule has 0 radical (unpaired) electrons. The number of nitrogens with zero attached hydrogens (tertiary/aromatic N) is 2. The minimum atomic E-state index is -0.197. The molecule has 1 unspecified atom stereocenters. The van der Waals surface area contributed by atoms with Crippen LogP contribution < -0.4 is 4.90 Å². The van der Waals surface area contributed by atoms with Crippen molar-refractivity contribution < 1.29 is 14.0 Å². The summed E-state index contributed by atoms with van der Waals surface area (Å²) in [6.07, 6.45) is 0.390. The van der Waals surface area contributed by atoms with Gasteiger partial charge in [-0.3, -0.25) is 9.59 Å². The van der Waals surface area contributed by atoms with Gasteiger partial charge in [0, 0.05) is 42.5 Å². The number of rotatable bonds is 5. The summed E-state index contributed by atoms with van der Waals surface area (Å²) in [7, 11) is 1.76. The molecule has 0 spiro atoms. The first-order valence-corrected chi connectivity index (χ1v) is 10.8. The second-order valence-corrected chi connectivity index (χ2v) is 8.37. The lowest BCUT2D eigenvalue weighted by molar-refractivity contribution is -0.134. The van der Waals surface area contributed by atoms with Crippen molar-refractivity contribution in [3.63, 3.8) is 0 Å². The summed E-state index contributed by atoms with van der Waals surface area (Å²) in [5.41, 5.74) is 1.76. The number of para-hydroxylation sites is 2. The van der Waals surface area contributed by atoms with Gasteiger partial charge in [0.2, 0.25) is 11.8 Å². The van der Waals surface area contributed by atoms with Gasteiger partial charge in [-0.1, -0.05) is 30.3 Å². The van der Waals surface area contributed by atoms with Crippen LogP contribution in [0.1, 0.15) is 31.6 Å². The average molecular weight is 409 g/mol. The molecular weight excluding hydrogens is 384 g/mol. The molecule has 1 atom stereocenters. The van der Waals surface area contributed by atoms with E-state index in [2.05, 4.69) is 0 Å². The third-order valence-electron chi connectivity index (χ3n) is 5.41. The zero-order chi connectivity index (χ0) is 20.4. The number of benzene rings is 2. The van der Waals surface area contributed by atoms with Crippen molar-refractivity contribution in [2.45, 2.75) is 30.7 Å². The van der Waals surface area contributed by atoms with E-state index in [1.165, 1.54) is 0 Å². The standard InChI is InChI=1S/C23H24N2O3S/c1-16(20-15-17-7-3-5-9-19(17)28-20)24(2)22(26)11-12-23(27)25-13-14-29-21-10-6-4-8-18(21)25/h3-10,15-16H,11-14H2,1-2H3. The van der Waals surface area contributed by atoms with Gasteiger partial charge < -0.3 is 14.2 Å². The second-order valence-electron chi connectivity index (χ2n) is 7.23. The highest BCUT2D eigenvalue weighted by molar-refractivity contribution is 7.99. The summed E-state index contributed by atoms with van der Waals surface area (Å²) in [6.45, 7) is 2.62. The fourth-order valence-corrected chi connectivity index (χ4v) is 4.56. The van der Waals surface area contributed by atoms with Gasteiger partial charge in [-0.15, -0.1) is 11.8 Å². The molecule has 1 aliphatic rings. The molecule has 29 heavy (non-hydrogen) atoms. The number of fused-ring (bicyclic) bond motifs is 2. The summed E-state index contributed by atoms with van der Waals surface area (Å²) < 4.78 is 5.89. The van der Waals surface area contributed by atoms with Crippen molar-refractivity contribution in [2.24, 2.45) is 0 Å². The maximum absolute atomic E-state index is 12.8. The number of carbonyl (C=O) groups excluding carboxylic acids is 2. The summed E-state index contributed by atoms with van der Waals surface area (Å²) in [4.78, 5) is 30.1. The lowest BCUT2D eigenvalue weighted by Crippen LogP contribution is -2.36. The van der Waals surface area contributed by atoms with Crippen LogP contribution in [0.15, 0.2) is 63.9 Å². The summed E-state index contributed by atoms with van der Waals surface area (Å²) in [5, 5.41) is 1.02. The van der Waals surface area contributed by atoms with Crippen LogP contribution in [0, 0.1) is 0 Å². The van der Waals surface area contributed by atoms with Crippen LogP contribution >= 0.6 is 11.8 Å². The molecule has 2 aromatic carbocycles. The van der Waals surface area contributed by atoms with Gasteiger partial charge in [-0.25, -0.2) is 0 Å². The lowest BCUT2D eigenvalue weighted by atomic mass is 10.1. The van der Waals surface area contributed by atoms with E-state index in [1.54, 1.807) is 23.7 Å². The van der Waals surface area contributed by atoms with Crippen molar-refractivity contribution in [1.82, 2.24) is 4.90 Å². The minimum absolute atomic E-state index is 0.00381. The van der Waals surface area contributed by atoms with E-state index in [1.807, 2.05) is 66.4 Å². The van der Waals surface area contributed by atoms with Crippen LogP contribution in [-0.2, 0) is 9.59 Å². The Kier molecular flexibility index (Phi) is 5.62.